The first-order valence-corrected chi connectivity index (χ1v) is 9.26. The predicted molar refractivity (Wildman–Crippen MR) is 109 cm³/mol. The van der Waals surface area contributed by atoms with Crippen molar-refractivity contribution in [1.82, 2.24) is 9.88 Å². The molecule has 0 spiro atoms. The third-order valence-electron chi connectivity index (χ3n) is 4.57. The molecule has 0 fully saturated rings. The Bertz CT molecular complexity index is 808. The van der Waals surface area contributed by atoms with E-state index in [-0.39, 0.29) is 17.6 Å². The Labute approximate surface area is 166 Å². The van der Waals surface area contributed by atoms with Gasteiger partial charge in [0.15, 0.2) is 11.6 Å². The molecule has 1 aromatic heterocycles. The molecule has 5 nitrogen and oxygen atoms in total. The van der Waals surface area contributed by atoms with Gasteiger partial charge >= 0.3 is 0 Å². The number of carbonyl (C=O) groups excluding carboxylic acids is 2. The molecule has 0 saturated carbocycles. The molecule has 0 saturated heterocycles. The second kappa shape index (κ2) is 9.11. The van der Waals surface area contributed by atoms with E-state index in [1.54, 1.807) is 25.4 Å². The van der Waals surface area contributed by atoms with E-state index in [9.17, 15) is 9.59 Å². The van der Waals surface area contributed by atoms with E-state index in [4.69, 9.17) is 11.6 Å². The first-order valence-electron chi connectivity index (χ1n) is 8.89. The number of pyridine rings is 1. The fourth-order valence-electron chi connectivity index (χ4n) is 3.34. The van der Waals surface area contributed by atoms with Gasteiger partial charge in [0.05, 0.1) is 6.04 Å². The van der Waals surface area contributed by atoms with Crippen LogP contribution >= 0.6 is 11.6 Å². The summed E-state index contributed by atoms with van der Waals surface area (Å²) in [6.07, 6.45) is 3.81. The molecular formula is C21H26ClN3O2. The average molecular weight is 388 g/mol. The van der Waals surface area contributed by atoms with Crippen molar-refractivity contribution in [1.29, 1.82) is 0 Å². The number of ketones is 2. The van der Waals surface area contributed by atoms with Gasteiger partial charge in [-0.2, -0.15) is 0 Å². The van der Waals surface area contributed by atoms with E-state index in [0.29, 0.717) is 11.4 Å². The largest absolute Gasteiger partial charge is 0.361 e. The molecule has 0 aliphatic rings. The van der Waals surface area contributed by atoms with Crippen molar-refractivity contribution in [3.63, 3.8) is 0 Å². The summed E-state index contributed by atoms with van der Waals surface area (Å²) in [4.78, 5) is 32.7. The molecule has 1 aromatic carbocycles. The molecule has 1 heterocycles. The lowest BCUT2D eigenvalue weighted by Crippen LogP contribution is -2.30. The zero-order valence-electron chi connectivity index (χ0n) is 16.4. The average Bonchev–Trinajstić information content (AvgIpc) is 2.61. The van der Waals surface area contributed by atoms with Gasteiger partial charge in [0.1, 0.15) is 6.04 Å². The van der Waals surface area contributed by atoms with Crippen LogP contribution in [0.1, 0.15) is 43.5 Å². The topological polar surface area (TPSA) is 53.5 Å². The Morgan fingerprint density at radius 1 is 1.11 bits per heavy atom. The number of nitrogens with zero attached hydrogens (tertiary/aromatic N) is 3. The van der Waals surface area contributed by atoms with E-state index < -0.39 is 6.04 Å². The van der Waals surface area contributed by atoms with Crippen molar-refractivity contribution < 1.29 is 9.59 Å². The number of anilines is 1. The van der Waals surface area contributed by atoms with Crippen LogP contribution in [0.15, 0.2) is 42.7 Å². The van der Waals surface area contributed by atoms with Crippen LogP contribution in [0.2, 0.25) is 5.02 Å². The first-order chi connectivity index (χ1) is 12.8. The number of carbonyl (C=O) groups is 2. The summed E-state index contributed by atoms with van der Waals surface area (Å²) in [6.45, 7) is 3.41. The molecular weight excluding hydrogens is 362 g/mol. The molecule has 2 atom stereocenters. The maximum absolute atomic E-state index is 12.4. The summed E-state index contributed by atoms with van der Waals surface area (Å²) in [5.74, 6) is 0.118. The zero-order chi connectivity index (χ0) is 20.1. The molecule has 2 aromatic rings. The maximum Gasteiger partial charge on any atom is 0.156 e. The van der Waals surface area contributed by atoms with Crippen molar-refractivity contribution in [3.8, 4) is 0 Å². The quantitative estimate of drug-likeness (QED) is 0.683. The van der Waals surface area contributed by atoms with Gasteiger partial charge in [-0.25, -0.2) is 0 Å². The second-order valence-corrected chi connectivity index (χ2v) is 7.28. The third-order valence-corrected chi connectivity index (χ3v) is 4.79. The van der Waals surface area contributed by atoms with Crippen LogP contribution in [-0.2, 0) is 9.59 Å². The molecule has 27 heavy (non-hydrogen) atoms. The number of rotatable bonds is 8. The van der Waals surface area contributed by atoms with Crippen LogP contribution in [0.4, 0.5) is 5.69 Å². The Morgan fingerprint density at radius 2 is 1.81 bits per heavy atom. The monoisotopic (exact) mass is 387 g/mol. The highest BCUT2D eigenvalue weighted by atomic mass is 35.5. The molecule has 0 bridgehead atoms. The van der Waals surface area contributed by atoms with Gasteiger partial charge < -0.3 is 4.90 Å². The zero-order valence-corrected chi connectivity index (χ0v) is 17.2. The lowest BCUT2D eigenvalue weighted by molar-refractivity contribution is -0.123. The smallest absolute Gasteiger partial charge is 0.156 e. The minimum atomic E-state index is -0.482. The summed E-state index contributed by atoms with van der Waals surface area (Å²) < 4.78 is 0. The first kappa shape index (κ1) is 21.1. The van der Waals surface area contributed by atoms with Crippen molar-refractivity contribution in [2.45, 2.75) is 32.4 Å². The van der Waals surface area contributed by atoms with E-state index >= 15 is 0 Å². The number of Topliss-reactive ketones (excluding diaryl/α,β-unsaturated/α-hetero) is 2. The molecule has 0 N–H and O–H groups in total. The van der Waals surface area contributed by atoms with E-state index in [1.165, 1.54) is 0 Å². The predicted octanol–water partition coefficient (Wildman–Crippen LogP) is 4.08. The maximum atomic E-state index is 12.4. The Morgan fingerprint density at radius 3 is 2.33 bits per heavy atom. The Balaban J connectivity index is 2.50. The van der Waals surface area contributed by atoms with Crippen LogP contribution in [-0.4, -0.2) is 42.6 Å². The van der Waals surface area contributed by atoms with E-state index in [0.717, 1.165) is 16.8 Å². The lowest BCUT2D eigenvalue weighted by Gasteiger charge is -2.30. The number of hydrogen-bond donors (Lipinski definition) is 0. The minimum absolute atomic E-state index is 0.000759. The summed E-state index contributed by atoms with van der Waals surface area (Å²) in [5, 5.41) is 0.526. The van der Waals surface area contributed by atoms with Gasteiger partial charge in [0, 0.05) is 42.1 Å². The molecule has 0 amide bonds. The highest BCUT2D eigenvalue weighted by Crippen LogP contribution is 2.32. The summed E-state index contributed by atoms with van der Waals surface area (Å²) >= 11 is 6.37. The Kier molecular flexibility index (Phi) is 7.11. The van der Waals surface area contributed by atoms with Crippen LogP contribution in [0.3, 0.4) is 0 Å². The summed E-state index contributed by atoms with van der Waals surface area (Å²) in [5.41, 5.74) is 2.40. The highest BCUT2D eigenvalue weighted by Gasteiger charge is 2.26. The molecule has 0 radical (unpaired) electrons. The fourth-order valence-corrected chi connectivity index (χ4v) is 3.58. The molecule has 6 heteroatoms. The van der Waals surface area contributed by atoms with Gasteiger partial charge in [0.25, 0.3) is 0 Å². The SMILES string of the molecule is CCC(=O)C(c1cc(Cl)cc(N(C)C(C(C)=O)c2cccnc2)c1)N(C)C. The van der Waals surface area contributed by atoms with Crippen molar-refractivity contribution >= 4 is 28.9 Å². The Hall–Kier alpha value is -2.24. The molecule has 2 unspecified atom stereocenters. The number of benzene rings is 1. The van der Waals surface area contributed by atoms with Crippen molar-refractivity contribution in [3.05, 3.63) is 58.9 Å². The van der Waals surface area contributed by atoms with Gasteiger partial charge in [-0.1, -0.05) is 24.6 Å². The van der Waals surface area contributed by atoms with Gasteiger partial charge in [-0.3, -0.25) is 19.5 Å². The highest BCUT2D eigenvalue weighted by molar-refractivity contribution is 6.31. The third kappa shape index (κ3) is 4.93. The normalized spacial score (nSPS) is 13.3. The lowest BCUT2D eigenvalue weighted by atomic mass is 9.98. The van der Waals surface area contributed by atoms with Gasteiger partial charge in [-0.15, -0.1) is 0 Å². The van der Waals surface area contributed by atoms with Gasteiger partial charge in [0.2, 0.25) is 0 Å². The molecule has 144 valence electrons. The van der Waals surface area contributed by atoms with E-state index in [1.807, 2.05) is 62.1 Å². The van der Waals surface area contributed by atoms with E-state index in [2.05, 4.69) is 4.98 Å². The number of likely N-dealkylation sites (N-methyl/N-ethyl adjacent to an activating group) is 2. The molecule has 0 aliphatic heterocycles. The minimum Gasteiger partial charge on any atom is -0.361 e. The number of halogens is 1. The van der Waals surface area contributed by atoms with Gasteiger partial charge in [-0.05, 0) is 50.8 Å². The standard InChI is InChI=1S/C21H26ClN3O2/c1-6-19(27)21(24(3)4)16-10-17(22)12-18(11-16)25(5)20(14(2)26)15-8-7-9-23-13-15/h7-13,20-21H,6H2,1-5H3. The second-order valence-electron chi connectivity index (χ2n) is 6.84. The summed E-state index contributed by atoms with van der Waals surface area (Å²) in [7, 11) is 5.59. The van der Waals surface area contributed by atoms with Crippen LogP contribution in [0, 0.1) is 0 Å². The van der Waals surface area contributed by atoms with Crippen molar-refractivity contribution in [2.75, 3.05) is 26.0 Å². The summed E-state index contributed by atoms with van der Waals surface area (Å²) in [6, 6.07) is 8.37. The van der Waals surface area contributed by atoms with Crippen LogP contribution in [0.25, 0.3) is 0 Å². The van der Waals surface area contributed by atoms with Crippen molar-refractivity contribution in [2.24, 2.45) is 0 Å². The molecule has 2 rings (SSSR count). The van der Waals surface area contributed by atoms with Crippen LogP contribution < -0.4 is 4.90 Å². The fraction of sp³-hybridized carbons (Fsp3) is 0.381. The number of hydrogen-bond acceptors (Lipinski definition) is 5. The number of aromatic nitrogens is 1. The van der Waals surface area contributed by atoms with Crippen LogP contribution in [0.5, 0.6) is 0 Å². The molecule has 0 aliphatic carbocycles.